The molecule has 1 aromatic rings. The van der Waals surface area contributed by atoms with Gasteiger partial charge in [0, 0.05) is 12.7 Å². The van der Waals surface area contributed by atoms with Gasteiger partial charge in [-0.2, -0.15) is 0 Å². The Kier molecular flexibility index (Phi) is 2.30. The molecule has 2 rings (SSSR count). The lowest BCUT2D eigenvalue weighted by Crippen LogP contribution is -2.36. The highest BCUT2D eigenvalue weighted by atomic mass is 16.5. The number of carbonyl (C=O) groups excluding carboxylic acids is 1. The summed E-state index contributed by atoms with van der Waals surface area (Å²) in [4.78, 5) is 20.9. The van der Waals surface area contributed by atoms with Gasteiger partial charge < -0.3 is 9.64 Å². The molecule has 0 spiro atoms. The molecule has 1 aliphatic rings. The monoisotopic (exact) mass is 193 g/mol. The molecule has 0 atom stereocenters. The van der Waals surface area contributed by atoms with Crippen LogP contribution < -0.4 is 0 Å². The molecule has 0 aromatic carbocycles. The smallest absolute Gasteiger partial charge is 0.409 e. The van der Waals surface area contributed by atoms with Gasteiger partial charge in [-0.15, -0.1) is 0 Å². The second kappa shape index (κ2) is 3.61. The molecule has 1 amide bonds. The van der Waals surface area contributed by atoms with Crippen LogP contribution in [0.25, 0.3) is 0 Å². The van der Waals surface area contributed by atoms with E-state index < -0.39 is 0 Å². The first-order chi connectivity index (χ1) is 6.81. The van der Waals surface area contributed by atoms with E-state index in [4.69, 9.17) is 0 Å². The standard InChI is InChI=1S/C9H11N3O2/c1-14-9(13)12-3-2-7-4-10-6-11-8(7)5-12/h4,6H,2-3,5H2,1H3. The molecule has 0 N–H and O–H groups in total. The van der Waals surface area contributed by atoms with Crippen LogP contribution in [0.2, 0.25) is 0 Å². The third kappa shape index (κ3) is 1.53. The highest BCUT2D eigenvalue weighted by molar-refractivity contribution is 5.67. The number of amides is 1. The molecule has 1 aromatic heterocycles. The van der Waals surface area contributed by atoms with Crippen molar-refractivity contribution in [2.75, 3.05) is 13.7 Å². The molecule has 5 nitrogen and oxygen atoms in total. The van der Waals surface area contributed by atoms with Crippen LogP contribution in [0, 0.1) is 0 Å². The summed E-state index contributed by atoms with van der Waals surface area (Å²) in [5.74, 6) is 0. The van der Waals surface area contributed by atoms with Crippen LogP contribution in [-0.4, -0.2) is 34.6 Å². The van der Waals surface area contributed by atoms with Crippen LogP contribution in [0.5, 0.6) is 0 Å². The number of ether oxygens (including phenoxy) is 1. The van der Waals surface area contributed by atoms with Crippen LogP contribution in [0.4, 0.5) is 4.79 Å². The molecule has 0 unspecified atom stereocenters. The zero-order valence-electron chi connectivity index (χ0n) is 7.93. The fourth-order valence-corrected chi connectivity index (χ4v) is 1.54. The van der Waals surface area contributed by atoms with Crippen molar-refractivity contribution in [3.63, 3.8) is 0 Å². The van der Waals surface area contributed by atoms with Crippen molar-refractivity contribution in [1.29, 1.82) is 0 Å². The average molecular weight is 193 g/mol. The van der Waals surface area contributed by atoms with Gasteiger partial charge in [0.2, 0.25) is 0 Å². The summed E-state index contributed by atoms with van der Waals surface area (Å²) in [7, 11) is 1.39. The van der Waals surface area contributed by atoms with E-state index in [2.05, 4.69) is 14.7 Å². The third-order valence-corrected chi connectivity index (χ3v) is 2.31. The highest BCUT2D eigenvalue weighted by Gasteiger charge is 2.21. The fourth-order valence-electron chi connectivity index (χ4n) is 1.54. The Bertz CT molecular complexity index is 354. The number of methoxy groups -OCH3 is 1. The number of fused-ring (bicyclic) bond motifs is 1. The van der Waals surface area contributed by atoms with Crippen molar-refractivity contribution >= 4 is 6.09 Å². The molecular formula is C9H11N3O2. The van der Waals surface area contributed by atoms with Gasteiger partial charge in [-0.3, -0.25) is 0 Å². The largest absolute Gasteiger partial charge is 0.453 e. The van der Waals surface area contributed by atoms with E-state index in [0.717, 1.165) is 17.7 Å². The van der Waals surface area contributed by atoms with Crippen molar-refractivity contribution in [1.82, 2.24) is 14.9 Å². The Labute approximate surface area is 81.7 Å². The lowest BCUT2D eigenvalue weighted by atomic mass is 10.1. The van der Waals surface area contributed by atoms with Gasteiger partial charge in [0.25, 0.3) is 0 Å². The van der Waals surface area contributed by atoms with Gasteiger partial charge in [-0.25, -0.2) is 14.8 Å². The molecule has 0 saturated heterocycles. The maximum absolute atomic E-state index is 11.2. The first-order valence-electron chi connectivity index (χ1n) is 4.42. The third-order valence-electron chi connectivity index (χ3n) is 2.31. The predicted molar refractivity (Wildman–Crippen MR) is 48.6 cm³/mol. The van der Waals surface area contributed by atoms with Crippen LogP contribution in [0.15, 0.2) is 12.5 Å². The first-order valence-corrected chi connectivity index (χ1v) is 4.42. The summed E-state index contributed by atoms with van der Waals surface area (Å²) >= 11 is 0. The summed E-state index contributed by atoms with van der Waals surface area (Å²) < 4.78 is 4.65. The Morgan fingerprint density at radius 3 is 3.29 bits per heavy atom. The van der Waals surface area contributed by atoms with E-state index in [0.29, 0.717) is 13.1 Å². The number of hydrogen-bond donors (Lipinski definition) is 0. The van der Waals surface area contributed by atoms with Crippen molar-refractivity contribution in [3.8, 4) is 0 Å². The molecule has 5 heteroatoms. The minimum Gasteiger partial charge on any atom is -0.453 e. The van der Waals surface area contributed by atoms with Gasteiger partial charge in [0.1, 0.15) is 6.33 Å². The van der Waals surface area contributed by atoms with E-state index in [9.17, 15) is 4.79 Å². The molecule has 0 saturated carbocycles. The Hall–Kier alpha value is -1.65. The minimum atomic E-state index is -0.297. The fraction of sp³-hybridized carbons (Fsp3) is 0.444. The molecule has 0 radical (unpaired) electrons. The summed E-state index contributed by atoms with van der Waals surface area (Å²) in [6.07, 6.45) is 3.80. The van der Waals surface area contributed by atoms with Crippen LogP contribution in [-0.2, 0) is 17.7 Å². The summed E-state index contributed by atoms with van der Waals surface area (Å²) in [6, 6.07) is 0. The second-order valence-corrected chi connectivity index (χ2v) is 3.14. The topological polar surface area (TPSA) is 55.3 Å². The van der Waals surface area contributed by atoms with Gasteiger partial charge in [0.15, 0.2) is 0 Å². The van der Waals surface area contributed by atoms with Gasteiger partial charge in [-0.05, 0) is 12.0 Å². The number of hydrogen-bond acceptors (Lipinski definition) is 4. The predicted octanol–water partition coefficient (Wildman–Crippen LogP) is 0.601. The van der Waals surface area contributed by atoms with E-state index >= 15 is 0 Å². The molecular weight excluding hydrogens is 182 g/mol. The number of carbonyl (C=O) groups is 1. The van der Waals surface area contributed by atoms with E-state index in [1.165, 1.54) is 13.4 Å². The molecule has 74 valence electrons. The molecule has 0 fully saturated rings. The zero-order chi connectivity index (χ0) is 9.97. The molecule has 0 bridgehead atoms. The SMILES string of the molecule is COC(=O)N1CCc2cncnc2C1. The normalized spacial score (nSPS) is 14.8. The van der Waals surface area contributed by atoms with E-state index in [1.807, 2.05) is 0 Å². The van der Waals surface area contributed by atoms with Gasteiger partial charge in [0.05, 0.1) is 19.3 Å². The van der Waals surface area contributed by atoms with Gasteiger partial charge in [-0.1, -0.05) is 0 Å². The minimum absolute atomic E-state index is 0.297. The molecule has 0 aliphatic carbocycles. The molecule has 14 heavy (non-hydrogen) atoms. The first kappa shape index (κ1) is 8.93. The maximum atomic E-state index is 11.2. The Morgan fingerprint density at radius 1 is 1.64 bits per heavy atom. The lowest BCUT2D eigenvalue weighted by molar-refractivity contribution is 0.118. The highest BCUT2D eigenvalue weighted by Crippen LogP contribution is 2.15. The molecule has 2 heterocycles. The van der Waals surface area contributed by atoms with Crippen LogP contribution in [0.1, 0.15) is 11.3 Å². The zero-order valence-corrected chi connectivity index (χ0v) is 7.93. The number of nitrogens with zero attached hydrogens (tertiary/aromatic N) is 3. The van der Waals surface area contributed by atoms with Crippen molar-refractivity contribution in [2.24, 2.45) is 0 Å². The van der Waals surface area contributed by atoms with Crippen LogP contribution in [0.3, 0.4) is 0 Å². The lowest BCUT2D eigenvalue weighted by Gasteiger charge is -2.26. The maximum Gasteiger partial charge on any atom is 0.409 e. The quantitative estimate of drug-likeness (QED) is 0.605. The second-order valence-electron chi connectivity index (χ2n) is 3.14. The van der Waals surface area contributed by atoms with Crippen molar-refractivity contribution in [2.45, 2.75) is 13.0 Å². The van der Waals surface area contributed by atoms with E-state index in [-0.39, 0.29) is 6.09 Å². The average Bonchev–Trinajstić information content (AvgIpc) is 2.27. The molecule has 1 aliphatic heterocycles. The van der Waals surface area contributed by atoms with E-state index in [1.54, 1.807) is 11.1 Å². The summed E-state index contributed by atoms with van der Waals surface area (Å²) in [5, 5.41) is 0. The Morgan fingerprint density at radius 2 is 2.50 bits per heavy atom. The number of rotatable bonds is 0. The van der Waals surface area contributed by atoms with Gasteiger partial charge >= 0.3 is 6.09 Å². The van der Waals surface area contributed by atoms with Crippen molar-refractivity contribution in [3.05, 3.63) is 23.8 Å². The van der Waals surface area contributed by atoms with Crippen LogP contribution >= 0.6 is 0 Å². The summed E-state index contributed by atoms with van der Waals surface area (Å²) in [6.45, 7) is 1.19. The van der Waals surface area contributed by atoms with Crippen molar-refractivity contribution < 1.29 is 9.53 Å². The summed E-state index contributed by atoms with van der Waals surface area (Å²) in [5.41, 5.74) is 2.03. The Balaban J connectivity index is 2.17. The number of aromatic nitrogens is 2.